The molecule has 216 valence electrons. The first-order valence-electron chi connectivity index (χ1n) is 14.4. The summed E-state index contributed by atoms with van der Waals surface area (Å²) in [6.07, 6.45) is 9.89. The van der Waals surface area contributed by atoms with Crippen molar-refractivity contribution >= 4 is 28.4 Å². The van der Waals surface area contributed by atoms with Crippen LogP contribution < -0.4 is 10.6 Å². The Bertz CT molecular complexity index is 1700. The number of anilines is 2. The van der Waals surface area contributed by atoms with E-state index in [0.29, 0.717) is 11.6 Å². The topological polar surface area (TPSA) is 126 Å². The van der Waals surface area contributed by atoms with E-state index >= 15 is 0 Å². The minimum Gasteiger partial charge on any atom is -0.349 e. The number of aromatic nitrogens is 7. The molecule has 0 saturated heterocycles. The van der Waals surface area contributed by atoms with Gasteiger partial charge in [0.25, 0.3) is 0 Å². The Morgan fingerprint density at radius 1 is 1.17 bits per heavy atom. The number of amides is 1. The van der Waals surface area contributed by atoms with E-state index in [4.69, 9.17) is 4.98 Å². The van der Waals surface area contributed by atoms with Gasteiger partial charge in [0.1, 0.15) is 5.82 Å². The number of carbonyl (C=O) groups is 1. The average Bonchev–Trinajstić information content (AvgIpc) is 3.64. The summed E-state index contributed by atoms with van der Waals surface area (Å²) in [5, 5.41) is 18.8. The number of carbonyl (C=O) groups excluding carboxylic acids is 1. The van der Waals surface area contributed by atoms with Gasteiger partial charge in [0.15, 0.2) is 17.5 Å². The number of nitrogens with zero attached hydrogens (tertiary/aromatic N) is 6. The molecular formula is C31H34FN9O. The highest BCUT2D eigenvalue weighted by Crippen LogP contribution is 2.46. The molecule has 42 heavy (non-hydrogen) atoms. The van der Waals surface area contributed by atoms with Crippen LogP contribution in [0.25, 0.3) is 16.7 Å². The van der Waals surface area contributed by atoms with Gasteiger partial charge >= 0.3 is 0 Å². The first kappa shape index (κ1) is 27.5. The van der Waals surface area contributed by atoms with Crippen molar-refractivity contribution in [3.8, 4) is 5.82 Å². The highest BCUT2D eigenvalue weighted by atomic mass is 19.1. The van der Waals surface area contributed by atoms with Gasteiger partial charge in [-0.2, -0.15) is 10.2 Å². The third-order valence-corrected chi connectivity index (χ3v) is 8.47. The molecule has 3 N–H and O–H groups in total. The second-order valence-corrected chi connectivity index (χ2v) is 11.2. The maximum Gasteiger partial charge on any atom is 0.226 e. The van der Waals surface area contributed by atoms with Crippen LogP contribution in [0, 0.1) is 18.2 Å². The molecule has 1 aliphatic carbocycles. The van der Waals surface area contributed by atoms with Crippen LogP contribution in [0.3, 0.4) is 0 Å². The third kappa shape index (κ3) is 5.46. The molecule has 1 fully saturated rings. The lowest BCUT2D eigenvalue weighted by molar-refractivity contribution is -0.134. The van der Waals surface area contributed by atoms with E-state index in [1.54, 1.807) is 18.5 Å². The van der Waals surface area contributed by atoms with Crippen molar-refractivity contribution in [1.82, 2.24) is 40.2 Å². The molecule has 0 aromatic carbocycles. The molecule has 0 aliphatic heterocycles. The van der Waals surface area contributed by atoms with Crippen molar-refractivity contribution in [3.63, 3.8) is 0 Å². The average molecular weight is 568 g/mol. The summed E-state index contributed by atoms with van der Waals surface area (Å²) < 4.78 is 14.7. The maximum atomic E-state index is 13.7. The first-order chi connectivity index (χ1) is 20.3. The van der Waals surface area contributed by atoms with Gasteiger partial charge in [-0.15, -0.1) is 0 Å². The van der Waals surface area contributed by atoms with Crippen molar-refractivity contribution < 1.29 is 9.18 Å². The summed E-state index contributed by atoms with van der Waals surface area (Å²) in [6.45, 7) is 6.01. The van der Waals surface area contributed by atoms with Gasteiger partial charge in [-0.1, -0.05) is 19.1 Å². The van der Waals surface area contributed by atoms with Crippen LogP contribution in [0.4, 0.5) is 16.0 Å². The van der Waals surface area contributed by atoms with Crippen LogP contribution in [-0.2, 0) is 4.79 Å². The Labute approximate surface area is 243 Å². The summed E-state index contributed by atoms with van der Waals surface area (Å²) in [4.78, 5) is 27.8. The molecule has 1 aliphatic rings. The SMILES string of the molecule is CCC1(C(=O)N[C@@H](C)c2ccc(-n3cc(F)cn3)nc2)CCC(c2nc(Nc3cc(C)[nH]n3)cc3cccnc23)CC1. The Hall–Kier alpha value is -4.67. The fraction of sp³-hybridized carbons (Fsp3) is 0.355. The molecule has 10 nitrogen and oxygen atoms in total. The Balaban J connectivity index is 1.16. The first-order valence-corrected chi connectivity index (χ1v) is 14.4. The Kier molecular flexibility index (Phi) is 7.40. The molecule has 1 atom stereocenters. The van der Waals surface area contributed by atoms with E-state index in [9.17, 15) is 9.18 Å². The lowest BCUT2D eigenvalue weighted by atomic mass is 9.67. The van der Waals surface area contributed by atoms with Crippen LogP contribution in [0.1, 0.15) is 74.9 Å². The van der Waals surface area contributed by atoms with E-state index < -0.39 is 11.2 Å². The minimum atomic E-state index is -0.448. The summed E-state index contributed by atoms with van der Waals surface area (Å²) >= 11 is 0. The van der Waals surface area contributed by atoms with Crippen molar-refractivity contribution in [2.75, 3.05) is 5.32 Å². The highest BCUT2D eigenvalue weighted by Gasteiger charge is 2.41. The summed E-state index contributed by atoms with van der Waals surface area (Å²) in [5.74, 6) is 1.80. The predicted octanol–water partition coefficient (Wildman–Crippen LogP) is 6.06. The third-order valence-electron chi connectivity index (χ3n) is 8.47. The smallest absolute Gasteiger partial charge is 0.226 e. The minimum absolute atomic E-state index is 0.0643. The van der Waals surface area contributed by atoms with Crippen LogP contribution in [0.2, 0.25) is 0 Å². The van der Waals surface area contributed by atoms with Crippen LogP contribution >= 0.6 is 0 Å². The van der Waals surface area contributed by atoms with Crippen molar-refractivity contribution in [2.24, 2.45) is 5.41 Å². The Morgan fingerprint density at radius 3 is 2.67 bits per heavy atom. The molecule has 1 amide bonds. The van der Waals surface area contributed by atoms with Crippen molar-refractivity contribution in [1.29, 1.82) is 0 Å². The zero-order chi connectivity index (χ0) is 29.3. The van der Waals surface area contributed by atoms with Gasteiger partial charge in [-0.3, -0.25) is 14.9 Å². The fourth-order valence-corrected chi connectivity index (χ4v) is 5.91. The molecule has 11 heteroatoms. The van der Waals surface area contributed by atoms with Crippen LogP contribution in [-0.4, -0.2) is 40.8 Å². The van der Waals surface area contributed by atoms with E-state index in [2.05, 4.69) is 48.9 Å². The molecule has 5 heterocycles. The lowest BCUT2D eigenvalue weighted by Gasteiger charge is -2.39. The van der Waals surface area contributed by atoms with E-state index in [1.807, 2.05) is 38.1 Å². The van der Waals surface area contributed by atoms with E-state index in [-0.39, 0.29) is 17.9 Å². The van der Waals surface area contributed by atoms with Gasteiger partial charge in [0.2, 0.25) is 5.91 Å². The molecular weight excluding hydrogens is 533 g/mol. The number of aryl methyl sites for hydroxylation is 1. The number of pyridine rings is 3. The van der Waals surface area contributed by atoms with Gasteiger partial charge in [-0.05, 0) is 69.7 Å². The number of fused-ring (bicyclic) bond motifs is 1. The van der Waals surface area contributed by atoms with Gasteiger partial charge in [-0.25, -0.2) is 19.0 Å². The van der Waals surface area contributed by atoms with E-state index in [0.717, 1.165) is 72.0 Å². The molecule has 6 rings (SSSR count). The van der Waals surface area contributed by atoms with Crippen molar-refractivity contribution in [3.05, 3.63) is 84.0 Å². The molecule has 0 radical (unpaired) electrons. The number of H-pyrrole nitrogens is 1. The normalized spacial score (nSPS) is 19.5. The monoisotopic (exact) mass is 567 g/mol. The highest BCUT2D eigenvalue weighted by molar-refractivity contribution is 5.85. The Morgan fingerprint density at radius 2 is 2.00 bits per heavy atom. The second kappa shape index (κ2) is 11.3. The standard InChI is InChI=1S/C31H34FN9O/c1-4-31(30(42)36-20(3)23-7-8-27(34-16-23)41-18-24(32)17-35-41)11-9-21(10-12-31)29-28-22(6-5-13-33-28)15-25(38-29)37-26-14-19(2)39-40-26/h5-8,13-18,20-21H,4,9-12H2,1-3H3,(H,36,42)(H2,37,38,39,40)/t20-,21?,31?/m0/s1. The van der Waals surface area contributed by atoms with Gasteiger partial charge in [0.05, 0.1) is 29.6 Å². The molecule has 1 saturated carbocycles. The van der Waals surface area contributed by atoms with Gasteiger partial charge < -0.3 is 10.6 Å². The van der Waals surface area contributed by atoms with E-state index in [1.165, 1.54) is 10.9 Å². The number of hydrogen-bond donors (Lipinski definition) is 3. The molecule has 5 aromatic heterocycles. The number of rotatable bonds is 8. The number of hydrogen-bond acceptors (Lipinski definition) is 7. The number of nitrogens with one attached hydrogen (secondary N) is 3. The van der Waals surface area contributed by atoms with Gasteiger partial charge in [0, 0.05) is 40.9 Å². The maximum absolute atomic E-state index is 13.7. The predicted molar refractivity (Wildman–Crippen MR) is 158 cm³/mol. The van der Waals surface area contributed by atoms with Crippen LogP contribution in [0.5, 0.6) is 0 Å². The molecule has 0 spiro atoms. The molecule has 0 unspecified atom stereocenters. The quantitative estimate of drug-likeness (QED) is 0.208. The molecule has 0 bridgehead atoms. The number of aromatic amines is 1. The summed E-state index contributed by atoms with van der Waals surface area (Å²) in [7, 11) is 0. The fourth-order valence-electron chi connectivity index (χ4n) is 5.91. The number of halogens is 1. The zero-order valence-corrected chi connectivity index (χ0v) is 23.9. The summed E-state index contributed by atoms with van der Waals surface area (Å²) in [5.41, 5.74) is 3.26. The van der Waals surface area contributed by atoms with Crippen LogP contribution in [0.15, 0.2) is 61.2 Å². The summed E-state index contributed by atoms with van der Waals surface area (Å²) in [6, 6.07) is 11.4. The zero-order valence-electron chi connectivity index (χ0n) is 23.9. The molecule has 5 aromatic rings. The lowest BCUT2D eigenvalue weighted by Crippen LogP contribution is -2.43. The largest absolute Gasteiger partial charge is 0.349 e. The second-order valence-electron chi connectivity index (χ2n) is 11.2. The van der Waals surface area contributed by atoms with Crippen molar-refractivity contribution in [2.45, 2.75) is 64.8 Å².